The van der Waals surface area contributed by atoms with Crippen LogP contribution in [0.2, 0.25) is 0 Å². The molecule has 4 rings (SSSR count). The second-order valence-electron chi connectivity index (χ2n) is 12.1. The number of benzene rings is 2. The molecular weight excluding hydrogens is 516 g/mol. The van der Waals surface area contributed by atoms with E-state index in [0.717, 1.165) is 65.7 Å². The summed E-state index contributed by atoms with van der Waals surface area (Å²) in [7, 11) is 0. The minimum Gasteiger partial charge on any atom is -0.466 e. The Bertz CT molecular complexity index is 1170. The van der Waals surface area contributed by atoms with Crippen molar-refractivity contribution in [2.75, 3.05) is 19.7 Å². The molecule has 1 N–H and O–H groups in total. The number of ether oxygens (including phenoxy) is 1. The average Bonchev–Trinajstić information content (AvgIpc) is 3.34. The Labute approximate surface area is 246 Å². The molecule has 0 spiro atoms. The Hall–Kier alpha value is -3.19. The maximum Gasteiger partial charge on any atom is 0.310 e. The lowest BCUT2D eigenvalue weighted by atomic mass is 9.86. The van der Waals surface area contributed by atoms with Crippen molar-refractivity contribution in [3.8, 4) is 0 Å². The monoisotopic (exact) mass is 566 g/mol. The fourth-order valence-corrected chi connectivity index (χ4v) is 5.28. The summed E-state index contributed by atoms with van der Waals surface area (Å²) >= 11 is 0. The van der Waals surface area contributed by atoms with Gasteiger partial charge in [-0.25, -0.2) is 0 Å². The zero-order chi connectivity index (χ0) is 30.7. The summed E-state index contributed by atoms with van der Waals surface area (Å²) in [5.74, 6) is -0.153. The van der Waals surface area contributed by atoms with E-state index in [1.807, 2.05) is 18.7 Å². The minimum absolute atomic E-state index is 0.123. The van der Waals surface area contributed by atoms with Crippen LogP contribution >= 0.6 is 0 Å². The molecule has 0 atom stereocenters. The highest BCUT2D eigenvalue weighted by Gasteiger charge is 2.29. The van der Waals surface area contributed by atoms with Gasteiger partial charge in [0.15, 0.2) is 0 Å². The molecule has 0 aliphatic carbocycles. The average molecular weight is 567 g/mol. The van der Waals surface area contributed by atoms with Crippen molar-refractivity contribution in [2.24, 2.45) is 0 Å². The molecule has 0 unspecified atom stereocenters. The number of carbonyl (C=O) groups is 3. The first-order valence-electron chi connectivity index (χ1n) is 14.8. The highest BCUT2D eigenvalue weighted by atomic mass is 16.5. The second-order valence-corrected chi connectivity index (χ2v) is 12.1. The van der Waals surface area contributed by atoms with Gasteiger partial charge >= 0.3 is 5.97 Å². The van der Waals surface area contributed by atoms with Crippen molar-refractivity contribution in [2.45, 2.75) is 106 Å². The summed E-state index contributed by atoms with van der Waals surface area (Å²) in [5, 5.41) is 8.52. The Morgan fingerprint density at radius 1 is 0.902 bits per heavy atom. The van der Waals surface area contributed by atoms with Gasteiger partial charge in [-0.2, -0.15) is 0 Å². The molecule has 2 amide bonds. The lowest BCUT2D eigenvalue weighted by Crippen LogP contribution is -2.37. The number of aryl methyl sites for hydroxylation is 2. The molecule has 1 saturated heterocycles. The highest BCUT2D eigenvalue weighted by molar-refractivity contribution is 5.82. The van der Waals surface area contributed by atoms with Crippen LogP contribution in [0.25, 0.3) is 0 Å². The van der Waals surface area contributed by atoms with Crippen molar-refractivity contribution in [3.05, 3.63) is 68.8 Å². The van der Waals surface area contributed by atoms with Crippen LogP contribution in [0.5, 0.6) is 0 Å². The SMILES string of the molecule is CC(C)(C)O.CCOC(=O)Cc1c(C)c2c(c(C)c1CC(=O)N1CCCCC1)CN(C=O)C2.Cc1cccc(C)c1. The standard InChI is InChI=1S/C22H30N2O4.C8H10.C4H10O/c1-4-28-22(27)11-18-16(3)20-13-23(14-25)12-19(20)15(2)17(18)10-21(26)24-8-6-5-7-9-24;1-7-4-3-5-8(2)6-7;1-4(2,3)5/h14H,4-13H2,1-3H3;3-6H,1-2H3;5H,1-3H3. The Morgan fingerprint density at radius 3 is 1.80 bits per heavy atom. The zero-order valence-electron chi connectivity index (χ0n) is 26.4. The summed E-state index contributed by atoms with van der Waals surface area (Å²) in [6.07, 6.45) is 4.61. The van der Waals surface area contributed by atoms with Crippen molar-refractivity contribution in [3.63, 3.8) is 0 Å². The molecule has 226 valence electrons. The fourth-order valence-electron chi connectivity index (χ4n) is 5.28. The van der Waals surface area contributed by atoms with Gasteiger partial charge in [0, 0.05) is 26.2 Å². The molecular formula is C34H50N2O5. The number of nitrogens with zero attached hydrogens (tertiary/aromatic N) is 2. The number of hydrogen-bond acceptors (Lipinski definition) is 5. The van der Waals surface area contributed by atoms with Gasteiger partial charge in [0.25, 0.3) is 0 Å². The lowest BCUT2D eigenvalue weighted by Gasteiger charge is -2.28. The number of carbonyl (C=O) groups excluding carboxylic acids is 3. The van der Waals surface area contributed by atoms with E-state index in [9.17, 15) is 14.4 Å². The van der Waals surface area contributed by atoms with Crippen molar-refractivity contribution in [1.29, 1.82) is 0 Å². The summed E-state index contributed by atoms with van der Waals surface area (Å²) in [6, 6.07) is 8.45. The van der Waals surface area contributed by atoms with E-state index in [1.165, 1.54) is 17.5 Å². The van der Waals surface area contributed by atoms with Crippen molar-refractivity contribution < 1.29 is 24.2 Å². The highest BCUT2D eigenvalue weighted by Crippen LogP contribution is 2.34. The molecule has 2 aliphatic heterocycles. The van der Waals surface area contributed by atoms with Gasteiger partial charge in [0.2, 0.25) is 12.3 Å². The maximum absolute atomic E-state index is 13.0. The van der Waals surface area contributed by atoms with Crippen LogP contribution < -0.4 is 0 Å². The van der Waals surface area contributed by atoms with E-state index in [4.69, 9.17) is 9.84 Å². The van der Waals surface area contributed by atoms with E-state index in [0.29, 0.717) is 26.1 Å². The molecule has 0 bridgehead atoms. The Kier molecular flexibility index (Phi) is 13.0. The quantitative estimate of drug-likeness (QED) is 0.368. The van der Waals surface area contributed by atoms with Crippen LogP contribution in [0, 0.1) is 27.7 Å². The topological polar surface area (TPSA) is 87.2 Å². The molecule has 41 heavy (non-hydrogen) atoms. The molecule has 1 fully saturated rings. The normalized spacial score (nSPS) is 14.3. The first kappa shape index (κ1) is 34.0. The van der Waals surface area contributed by atoms with Crippen LogP contribution in [0.1, 0.15) is 91.5 Å². The molecule has 7 heteroatoms. The third-order valence-electron chi connectivity index (χ3n) is 7.25. The van der Waals surface area contributed by atoms with Crippen molar-refractivity contribution >= 4 is 18.3 Å². The van der Waals surface area contributed by atoms with Crippen molar-refractivity contribution in [1.82, 2.24) is 9.80 Å². The molecule has 0 aromatic heterocycles. The number of fused-ring (bicyclic) bond motifs is 1. The summed E-state index contributed by atoms with van der Waals surface area (Å²) in [5.41, 5.74) is 8.29. The molecule has 0 radical (unpaired) electrons. The van der Waals surface area contributed by atoms with Crippen LogP contribution in [0.15, 0.2) is 24.3 Å². The number of rotatable bonds is 6. The first-order chi connectivity index (χ1) is 19.2. The van der Waals surface area contributed by atoms with Gasteiger partial charge in [-0.1, -0.05) is 35.4 Å². The third kappa shape index (κ3) is 11.0. The molecule has 2 heterocycles. The Morgan fingerprint density at radius 2 is 1.39 bits per heavy atom. The summed E-state index contributed by atoms with van der Waals surface area (Å²) < 4.78 is 5.18. The predicted octanol–water partition coefficient (Wildman–Crippen LogP) is 5.52. The maximum atomic E-state index is 13.0. The third-order valence-corrected chi connectivity index (χ3v) is 7.25. The van der Waals surface area contributed by atoms with Crippen LogP contribution in [-0.2, 0) is 45.1 Å². The van der Waals surface area contributed by atoms with E-state index < -0.39 is 5.60 Å². The van der Waals surface area contributed by atoms with Gasteiger partial charge in [-0.15, -0.1) is 0 Å². The second kappa shape index (κ2) is 15.7. The number of piperidine rings is 1. The van der Waals surface area contributed by atoms with Gasteiger partial charge in [-0.3, -0.25) is 14.4 Å². The van der Waals surface area contributed by atoms with Gasteiger partial charge < -0.3 is 19.6 Å². The van der Waals surface area contributed by atoms with Gasteiger partial charge in [0.1, 0.15) is 0 Å². The lowest BCUT2D eigenvalue weighted by molar-refractivity contribution is -0.142. The number of amides is 2. The largest absolute Gasteiger partial charge is 0.466 e. The van der Waals surface area contributed by atoms with Gasteiger partial charge in [0.05, 0.1) is 25.0 Å². The number of likely N-dealkylation sites (tertiary alicyclic amines) is 1. The van der Waals surface area contributed by atoms with E-state index >= 15 is 0 Å². The molecule has 2 aromatic rings. The molecule has 2 aromatic carbocycles. The summed E-state index contributed by atoms with van der Waals surface area (Å²) in [4.78, 5) is 40.2. The van der Waals surface area contributed by atoms with E-state index in [1.54, 1.807) is 32.6 Å². The number of hydrogen-bond donors (Lipinski definition) is 1. The minimum atomic E-state index is -0.500. The first-order valence-corrected chi connectivity index (χ1v) is 14.8. The Balaban J connectivity index is 0.000000373. The molecule has 2 aliphatic rings. The van der Waals surface area contributed by atoms with Crippen LogP contribution in [0.3, 0.4) is 0 Å². The van der Waals surface area contributed by atoms with E-state index in [-0.39, 0.29) is 18.3 Å². The molecule has 7 nitrogen and oxygen atoms in total. The van der Waals surface area contributed by atoms with E-state index in [2.05, 4.69) is 38.1 Å². The fraction of sp³-hybridized carbons (Fsp3) is 0.559. The molecule has 0 saturated carbocycles. The van der Waals surface area contributed by atoms with Gasteiger partial charge in [-0.05, 0) is 108 Å². The summed E-state index contributed by atoms with van der Waals surface area (Å²) in [6.45, 7) is 18.3. The smallest absolute Gasteiger partial charge is 0.310 e. The number of esters is 1. The van der Waals surface area contributed by atoms with Crippen LogP contribution in [0.4, 0.5) is 0 Å². The predicted molar refractivity (Wildman–Crippen MR) is 164 cm³/mol. The zero-order valence-corrected chi connectivity index (χ0v) is 26.4. The van der Waals surface area contributed by atoms with Crippen LogP contribution in [-0.4, -0.2) is 58.5 Å². The number of aliphatic hydroxyl groups is 1.